The van der Waals surface area contributed by atoms with Crippen molar-refractivity contribution in [3.8, 4) is 0 Å². The summed E-state index contributed by atoms with van der Waals surface area (Å²) in [5, 5.41) is 0. The molecule has 4 aromatic rings. The molecule has 0 amide bonds. The number of aromatic amines is 1. The number of halogens is 1. The van der Waals surface area contributed by atoms with Crippen molar-refractivity contribution >= 4 is 45.8 Å². The Balaban J connectivity index is 1.75. The van der Waals surface area contributed by atoms with E-state index < -0.39 is 0 Å². The van der Waals surface area contributed by atoms with Gasteiger partial charge in [-0.25, -0.2) is 9.97 Å². The van der Waals surface area contributed by atoms with Gasteiger partial charge in [-0.3, -0.25) is 0 Å². The van der Waals surface area contributed by atoms with Gasteiger partial charge in [-0.1, -0.05) is 12.1 Å². The topological polar surface area (TPSA) is 46.5 Å². The minimum Gasteiger partial charge on any atom is -0.338 e. The molecule has 126 valence electrons. The van der Waals surface area contributed by atoms with E-state index in [0.29, 0.717) is 5.88 Å². The lowest BCUT2D eigenvalue weighted by atomic mass is 10.2. The number of alkyl halides is 1. The molecule has 0 fully saturated rings. The molecule has 5 heteroatoms. The number of hydrogen-bond acceptors (Lipinski definition) is 2. The number of H-pyrrole nitrogens is 1. The van der Waals surface area contributed by atoms with Gasteiger partial charge >= 0.3 is 0 Å². The summed E-state index contributed by atoms with van der Waals surface area (Å²) >= 11 is 6.00. The predicted octanol–water partition coefficient (Wildman–Crippen LogP) is 4.94. The van der Waals surface area contributed by atoms with Crippen LogP contribution in [0, 0.1) is 13.8 Å². The second kappa shape index (κ2) is 6.37. The first-order valence-electron chi connectivity index (χ1n) is 8.31. The van der Waals surface area contributed by atoms with Crippen molar-refractivity contribution in [2.24, 2.45) is 0 Å². The van der Waals surface area contributed by atoms with Gasteiger partial charge in [0.25, 0.3) is 0 Å². The summed E-state index contributed by atoms with van der Waals surface area (Å²) < 4.78 is 2.15. The summed E-state index contributed by atoms with van der Waals surface area (Å²) in [6, 6.07) is 12.5. The zero-order valence-electron chi connectivity index (χ0n) is 14.3. The highest BCUT2D eigenvalue weighted by Crippen LogP contribution is 2.20. The van der Waals surface area contributed by atoms with Crippen LogP contribution in [-0.4, -0.2) is 25.4 Å². The zero-order chi connectivity index (χ0) is 17.4. The van der Waals surface area contributed by atoms with E-state index in [1.807, 2.05) is 18.2 Å². The molecular weight excluding hydrogens is 332 g/mol. The van der Waals surface area contributed by atoms with Crippen LogP contribution in [0.3, 0.4) is 0 Å². The average Bonchev–Trinajstić information content (AvgIpc) is 3.14. The Labute approximate surface area is 151 Å². The molecule has 4 nitrogen and oxygen atoms in total. The zero-order valence-corrected chi connectivity index (χ0v) is 15.0. The van der Waals surface area contributed by atoms with Crippen molar-refractivity contribution in [3.05, 3.63) is 59.2 Å². The Hall–Kier alpha value is -2.59. The average molecular weight is 351 g/mol. The Morgan fingerprint density at radius 3 is 2.56 bits per heavy atom. The van der Waals surface area contributed by atoms with Gasteiger partial charge in [0.1, 0.15) is 11.6 Å². The summed E-state index contributed by atoms with van der Waals surface area (Å²) in [5.41, 5.74) is 6.54. The molecule has 0 aliphatic carbocycles. The molecule has 2 aromatic heterocycles. The van der Waals surface area contributed by atoms with Crippen LogP contribution < -0.4 is 0 Å². The van der Waals surface area contributed by atoms with Crippen LogP contribution >= 0.6 is 11.6 Å². The molecule has 25 heavy (non-hydrogen) atoms. The SMILES string of the molecule is Cc1ccc2nc(/C=C/c3nc4ccc(C)cc4n3CCCl)[nH]c2c1. The van der Waals surface area contributed by atoms with Crippen LogP contribution in [0.15, 0.2) is 36.4 Å². The van der Waals surface area contributed by atoms with Crippen molar-refractivity contribution < 1.29 is 0 Å². The molecule has 0 unspecified atom stereocenters. The number of aryl methyl sites for hydroxylation is 3. The Bertz CT molecular complexity index is 1090. The van der Waals surface area contributed by atoms with Gasteiger partial charge in [0.05, 0.1) is 22.1 Å². The summed E-state index contributed by atoms with van der Waals surface area (Å²) in [6.45, 7) is 4.89. The fourth-order valence-corrected chi connectivity index (χ4v) is 3.24. The molecule has 4 rings (SSSR count). The van der Waals surface area contributed by atoms with Crippen molar-refractivity contribution in [2.75, 3.05) is 5.88 Å². The van der Waals surface area contributed by atoms with Gasteiger partial charge < -0.3 is 9.55 Å². The standard InChI is InChI=1S/C20H19ClN4/c1-13-3-5-15-17(11-13)23-19(22-15)7-8-20-24-16-6-4-14(2)12-18(16)25(20)10-9-21/h3-8,11-12H,9-10H2,1-2H3,(H,22,23)/b8-7+. The number of fused-ring (bicyclic) bond motifs is 2. The maximum Gasteiger partial charge on any atom is 0.133 e. The number of imidazole rings is 2. The first kappa shape index (κ1) is 15.9. The predicted molar refractivity (Wildman–Crippen MR) is 105 cm³/mol. The smallest absolute Gasteiger partial charge is 0.133 e. The first-order valence-corrected chi connectivity index (χ1v) is 8.85. The third kappa shape index (κ3) is 3.05. The van der Waals surface area contributed by atoms with Gasteiger partial charge in [-0.05, 0) is 61.4 Å². The summed E-state index contributed by atoms with van der Waals surface area (Å²) in [4.78, 5) is 12.7. The van der Waals surface area contributed by atoms with E-state index in [0.717, 1.165) is 40.3 Å². The summed E-state index contributed by atoms with van der Waals surface area (Å²) in [5.74, 6) is 2.25. The lowest BCUT2D eigenvalue weighted by Crippen LogP contribution is -2.01. The van der Waals surface area contributed by atoms with Gasteiger partial charge in [0, 0.05) is 12.4 Å². The van der Waals surface area contributed by atoms with Crippen molar-refractivity contribution in [3.63, 3.8) is 0 Å². The minimum absolute atomic E-state index is 0.546. The summed E-state index contributed by atoms with van der Waals surface area (Å²) in [7, 11) is 0. The fourth-order valence-electron chi connectivity index (χ4n) is 3.07. The van der Waals surface area contributed by atoms with Crippen LogP contribution in [0.2, 0.25) is 0 Å². The molecular formula is C20H19ClN4. The van der Waals surface area contributed by atoms with Gasteiger partial charge in [0.2, 0.25) is 0 Å². The number of hydrogen-bond donors (Lipinski definition) is 1. The number of nitrogens with one attached hydrogen (secondary N) is 1. The van der Waals surface area contributed by atoms with E-state index in [-0.39, 0.29) is 0 Å². The quantitative estimate of drug-likeness (QED) is 0.530. The second-order valence-corrected chi connectivity index (χ2v) is 6.66. The molecule has 0 aliphatic heterocycles. The molecule has 1 N–H and O–H groups in total. The van der Waals surface area contributed by atoms with Crippen LogP contribution in [0.1, 0.15) is 22.8 Å². The molecule has 0 aliphatic rings. The lowest BCUT2D eigenvalue weighted by Gasteiger charge is -2.04. The molecule has 0 radical (unpaired) electrons. The highest BCUT2D eigenvalue weighted by Gasteiger charge is 2.09. The van der Waals surface area contributed by atoms with Crippen molar-refractivity contribution in [1.82, 2.24) is 19.5 Å². The van der Waals surface area contributed by atoms with Crippen LogP contribution in [0.5, 0.6) is 0 Å². The monoisotopic (exact) mass is 350 g/mol. The van der Waals surface area contributed by atoms with E-state index in [9.17, 15) is 0 Å². The first-order chi connectivity index (χ1) is 12.1. The van der Waals surface area contributed by atoms with Crippen LogP contribution in [0.25, 0.3) is 34.2 Å². The van der Waals surface area contributed by atoms with Gasteiger partial charge in [-0.15, -0.1) is 11.6 Å². The van der Waals surface area contributed by atoms with Gasteiger partial charge in [0.15, 0.2) is 0 Å². The van der Waals surface area contributed by atoms with Crippen LogP contribution in [-0.2, 0) is 6.54 Å². The molecule has 0 atom stereocenters. The molecule has 0 bridgehead atoms. The van der Waals surface area contributed by atoms with Gasteiger partial charge in [-0.2, -0.15) is 0 Å². The largest absolute Gasteiger partial charge is 0.338 e. The number of benzene rings is 2. The number of nitrogens with zero attached hydrogens (tertiary/aromatic N) is 3. The van der Waals surface area contributed by atoms with E-state index >= 15 is 0 Å². The Kier molecular flexibility index (Phi) is 4.06. The maximum absolute atomic E-state index is 6.00. The number of aromatic nitrogens is 4. The summed E-state index contributed by atoms with van der Waals surface area (Å²) in [6.07, 6.45) is 3.96. The molecule has 2 heterocycles. The fraction of sp³-hybridized carbons (Fsp3) is 0.200. The molecule has 0 saturated carbocycles. The minimum atomic E-state index is 0.546. The van der Waals surface area contributed by atoms with Crippen molar-refractivity contribution in [1.29, 1.82) is 0 Å². The molecule has 0 saturated heterocycles. The molecule has 0 spiro atoms. The third-order valence-electron chi connectivity index (χ3n) is 4.29. The molecule has 2 aromatic carbocycles. The van der Waals surface area contributed by atoms with E-state index in [1.54, 1.807) is 0 Å². The van der Waals surface area contributed by atoms with E-state index in [1.165, 1.54) is 11.1 Å². The highest BCUT2D eigenvalue weighted by atomic mass is 35.5. The number of rotatable bonds is 4. The Morgan fingerprint density at radius 1 is 1.00 bits per heavy atom. The third-order valence-corrected chi connectivity index (χ3v) is 4.46. The normalized spacial score (nSPS) is 12.0. The Morgan fingerprint density at radius 2 is 1.76 bits per heavy atom. The highest BCUT2D eigenvalue weighted by molar-refractivity contribution is 6.17. The maximum atomic E-state index is 6.00. The van der Waals surface area contributed by atoms with E-state index in [4.69, 9.17) is 16.6 Å². The second-order valence-electron chi connectivity index (χ2n) is 6.28. The van der Waals surface area contributed by atoms with E-state index in [2.05, 4.69) is 58.7 Å². The lowest BCUT2D eigenvalue weighted by molar-refractivity contribution is 0.783. The van der Waals surface area contributed by atoms with Crippen LogP contribution in [0.4, 0.5) is 0 Å². The van der Waals surface area contributed by atoms with Crippen molar-refractivity contribution in [2.45, 2.75) is 20.4 Å².